The van der Waals surface area contributed by atoms with Gasteiger partial charge in [0.1, 0.15) is 5.52 Å². The fourth-order valence-corrected chi connectivity index (χ4v) is 4.44. The van der Waals surface area contributed by atoms with E-state index >= 15 is 0 Å². The summed E-state index contributed by atoms with van der Waals surface area (Å²) in [6.07, 6.45) is 4.11. The van der Waals surface area contributed by atoms with Crippen LogP contribution >= 0.6 is 0 Å². The van der Waals surface area contributed by atoms with E-state index in [0.717, 1.165) is 0 Å². The zero-order valence-corrected chi connectivity index (χ0v) is 19.2. The summed E-state index contributed by atoms with van der Waals surface area (Å²) >= 11 is 0. The van der Waals surface area contributed by atoms with Crippen LogP contribution in [0.3, 0.4) is 0 Å². The number of carbonyl (C=O) groups excluding carboxylic acids is 2. The summed E-state index contributed by atoms with van der Waals surface area (Å²) in [7, 11) is 1.53. The van der Waals surface area contributed by atoms with E-state index in [1.807, 2.05) is 0 Å². The number of anilines is 2. The van der Waals surface area contributed by atoms with Crippen molar-refractivity contribution in [2.24, 2.45) is 5.92 Å². The summed E-state index contributed by atoms with van der Waals surface area (Å²) in [6.45, 7) is 0.398. The molecular weight excluding hydrogens is 452 g/mol. The monoisotopic (exact) mass is 478 g/mol. The minimum atomic E-state index is -0.687. The molecule has 1 fully saturated rings. The molecule has 2 amide bonds. The van der Waals surface area contributed by atoms with Crippen molar-refractivity contribution in [2.45, 2.75) is 38.0 Å². The Morgan fingerprint density at radius 2 is 2.17 bits per heavy atom. The summed E-state index contributed by atoms with van der Waals surface area (Å²) in [5.74, 6) is 0.281. The van der Waals surface area contributed by atoms with Crippen LogP contribution < -0.4 is 25.4 Å². The number of rotatable bonds is 6. The summed E-state index contributed by atoms with van der Waals surface area (Å²) < 4.78 is 10.5. The first-order chi connectivity index (χ1) is 17.0. The van der Waals surface area contributed by atoms with Crippen molar-refractivity contribution in [3.05, 3.63) is 42.4 Å². The lowest BCUT2D eigenvalue weighted by Gasteiger charge is -2.33. The lowest BCUT2D eigenvalue weighted by molar-refractivity contribution is -0.122. The number of aliphatic hydroxyl groups excluding tert-OH is 1. The number of pyridine rings is 3. The van der Waals surface area contributed by atoms with E-state index in [2.05, 4.69) is 30.9 Å². The molecule has 0 aromatic carbocycles. The van der Waals surface area contributed by atoms with Crippen LogP contribution in [-0.4, -0.2) is 57.7 Å². The molecule has 0 saturated heterocycles. The first kappa shape index (κ1) is 22.9. The smallest absolute Gasteiger partial charge is 0.262 e. The molecule has 3 atom stereocenters. The summed E-state index contributed by atoms with van der Waals surface area (Å²) in [5.41, 5.74) is 3.07. The maximum absolute atomic E-state index is 13.0. The van der Waals surface area contributed by atoms with Crippen molar-refractivity contribution < 1.29 is 24.2 Å². The van der Waals surface area contributed by atoms with Gasteiger partial charge in [0.05, 0.1) is 42.0 Å². The Morgan fingerprint density at radius 1 is 1.29 bits per heavy atom. The first-order valence-corrected chi connectivity index (χ1v) is 11.4. The Kier molecular flexibility index (Phi) is 6.43. The number of aromatic nitrogens is 3. The van der Waals surface area contributed by atoms with Crippen LogP contribution in [0.1, 0.15) is 25.0 Å². The van der Waals surface area contributed by atoms with Gasteiger partial charge < -0.3 is 30.5 Å². The molecular formula is C24H26N6O5. The van der Waals surface area contributed by atoms with Gasteiger partial charge in [-0.15, -0.1) is 0 Å². The van der Waals surface area contributed by atoms with E-state index in [1.54, 1.807) is 36.7 Å². The molecule has 182 valence electrons. The topological polar surface area (TPSA) is 148 Å². The lowest BCUT2D eigenvalue weighted by Crippen LogP contribution is -2.46. The largest absolute Gasteiger partial charge is 0.481 e. The van der Waals surface area contributed by atoms with Crippen LogP contribution in [0.25, 0.3) is 11.0 Å². The zero-order valence-electron chi connectivity index (χ0n) is 19.2. The third kappa shape index (κ3) is 5.00. The fraction of sp³-hybridized carbons (Fsp3) is 0.375. The molecule has 11 heteroatoms. The first-order valence-electron chi connectivity index (χ1n) is 11.4. The molecule has 1 aliphatic heterocycles. The maximum Gasteiger partial charge on any atom is 0.262 e. The third-order valence-electron chi connectivity index (χ3n) is 6.32. The molecule has 0 bridgehead atoms. The standard InChI is InChI=1S/C24H26N6O5/c1-34-22-5-4-16-23(30-22)17(6-7-25-16)29-24(33)13-2-3-15(19(31)8-13)27-10-14-9-18-20(11-26-14)35-12-21(32)28-18/h4-7,9,11,13,15,19,27,31H,2-3,8,10,12H2,1H3,(H,28,32)(H,25,29,33)/t13?,15-,19?/m1/s1. The minimum absolute atomic E-state index is 0.0165. The highest BCUT2D eigenvalue weighted by atomic mass is 16.5. The van der Waals surface area contributed by atoms with Gasteiger partial charge in [-0.2, -0.15) is 0 Å². The van der Waals surface area contributed by atoms with Gasteiger partial charge >= 0.3 is 0 Å². The highest BCUT2D eigenvalue weighted by Gasteiger charge is 2.33. The number of hydrogen-bond donors (Lipinski definition) is 4. The van der Waals surface area contributed by atoms with E-state index in [-0.39, 0.29) is 30.4 Å². The Labute approximate surface area is 201 Å². The average molecular weight is 479 g/mol. The fourth-order valence-electron chi connectivity index (χ4n) is 4.44. The van der Waals surface area contributed by atoms with Crippen LogP contribution in [0, 0.1) is 5.92 Å². The van der Waals surface area contributed by atoms with Crippen molar-refractivity contribution in [1.82, 2.24) is 20.3 Å². The van der Waals surface area contributed by atoms with Gasteiger partial charge in [0.15, 0.2) is 12.4 Å². The SMILES string of the molecule is COc1ccc2nccc(NC(=O)C3CC[C@@H](NCc4cc5c(cn4)OCC(=O)N5)C(O)C3)c2n1. The van der Waals surface area contributed by atoms with E-state index in [0.29, 0.717) is 65.5 Å². The van der Waals surface area contributed by atoms with Gasteiger partial charge in [0.25, 0.3) is 5.91 Å². The summed E-state index contributed by atoms with van der Waals surface area (Å²) in [4.78, 5) is 37.5. The number of nitrogens with one attached hydrogen (secondary N) is 3. The predicted octanol–water partition coefficient (Wildman–Crippen LogP) is 1.62. The van der Waals surface area contributed by atoms with Crippen molar-refractivity contribution in [3.8, 4) is 11.6 Å². The molecule has 4 heterocycles. The summed E-state index contributed by atoms with van der Waals surface area (Å²) in [5, 5.41) is 19.8. The second-order valence-electron chi connectivity index (χ2n) is 8.64. The van der Waals surface area contributed by atoms with Gasteiger partial charge in [0, 0.05) is 30.8 Å². The average Bonchev–Trinajstić information content (AvgIpc) is 2.87. The molecule has 35 heavy (non-hydrogen) atoms. The third-order valence-corrected chi connectivity index (χ3v) is 6.32. The van der Waals surface area contributed by atoms with Gasteiger partial charge in [-0.05, 0) is 37.5 Å². The predicted molar refractivity (Wildman–Crippen MR) is 127 cm³/mol. The van der Waals surface area contributed by atoms with Crippen LogP contribution in [0.15, 0.2) is 36.7 Å². The Morgan fingerprint density at radius 3 is 3.00 bits per heavy atom. The van der Waals surface area contributed by atoms with Crippen molar-refractivity contribution >= 4 is 34.2 Å². The lowest BCUT2D eigenvalue weighted by atomic mass is 9.83. The number of methoxy groups -OCH3 is 1. The molecule has 0 spiro atoms. The molecule has 3 aromatic rings. The zero-order chi connectivity index (χ0) is 24.4. The molecule has 1 aliphatic carbocycles. The van der Waals surface area contributed by atoms with Crippen LogP contribution in [0.2, 0.25) is 0 Å². The van der Waals surface area contributed by atoms with Gasteiger partial charge in [-0.25, -0.2) is 4.98 Å². The minimum Gasteiger partial charge on any atom is -0.481 e. The van der Waals surface area contributed by atoms with Crippen molar-refractivity contribution in [3.63, 3.8) is 0 Å². The Bertz CT molecular complexity index is 1270. The van der Waals surface area contributed by atoms with Crippen LogP contribution in [0.5, 0.6) is 11.6 Å². The molecule has 3 aromatic heterocycles. The van der Waals surface area contributed by atoms with E-state index in [9.17, 15) is 14.7 Å². The molecule has 2 unspecified atom stereocenters. The highest BCUT2D eigenvalue weighted by Crippen LogP contribution is 2.29. The molecule has 0 radical (unpaired) electrons. The normalized spacial score (nSPS) is 21.5. The number of amides is 2. The second kappa shape index (κ2) is 9.80. The van der Waals surface area contributed by atoms with Gasteiger partial charge in [0.2, 0.25) is 11.8 Å². The summed E-state index contributed by atoms with van der Waals surface area (Å²) in [6, 6.07) is 6.79. The number of nitrogens with zero attached hydrogens (tertiary/aromatic N) is 3. The van der Waals surface area contributed by atoms with Crippen LogP contribution in [-0.2, 0) is 16.1 Å². The van der Waals surface area contributed by atoms with E-state index in [4.69, 9.17) is 9.47 Å². The Hall–Kier alpha value is -3.83. The quantitative estimate of drug-likeness (QED) is 0.415. The molecule has 11 nitrogen and oxygen atoms in total. The number of aliphatic hydroxyl groups is 1. The number of hydrogen-bond acceptors (Lipinski definition) is 9. The van der Waals surface area contributed by atoms with E-state index in [1.165, 1.54) is 7.11 Å². The van der Waals surface area contributed by atoms with E-state index < -0.39 is 6.10 Å². The molecule has 5 rings (SSSR count). The second-order valence-corrected chi connectivity index (χ2v) is 8.64. The molecule has 2 aliphatic rings. The van der Waals surface area contributed by atoms with Crippen molar-refractivity contribution in [1.29, 1.82) is 0 Å². The highest BCUT2D eigenvalue weighted by molar-refractivity contribution is 6.00. The van der Waals surface area contributed by atoms with Gasteiger partial charge in [-0.3, -0.25) is 19.6 Å². The van der Waals surface area contributed by atoms with Crippen molar-refractivity contribution in [2.75, 3.05) is 24.4 Å². The Balaban J connectivity index is 1.18. The number of carbonyl (C=O) groups is 2. The molecule has 1 saturated carbocycles. The number of ether oxygens (including phenoxy) is 2. The number of fused-ring (bicyclic) bond motifs is 2. The molecule has 4 N–H and O–H groups in total. The maximum atomic E-state index is 13.0. The van der Waals surface area contributed by atoms with Crippen LogP contribution in [0.4, 0.5) is 11.4 Å². The van der Waals surface area contributed by atoms with Gasteiger partial charge in [-0.1, -0.05) is 0 Å².